The fourth-order valence-electron chi connectivity index (χ4n) is 3.42. The predicted molar refractivity (Wildman–Crippen MR) is 113 cm³/mol. The molecule has 1 aliphatic rings. The molecule has 3 unspecified atom stereocenters. The van der Waals surface area contributed by atoms with E-state index in [4.69, 9.17) is 9.57 Å². The van der Waals surface area contributed by atoms with E-state index in [0.29, 0.717) is 6.42 Å². The van der Waals surface area contributed by atoms with Crippen LogP contribution in [-0.2, 0) is 19.4 Å². The maximum absolute atomic E-state index is 12.3. The number of oxime groups is 1. The van der Waals surface area contributed by atoms with Crippen LogP contribution in [0.25, 0.3) is 11.1 Å². The first-order valence-corrected chi connectivity index (χ1v) is 11.5. The van der Waals surface area contributed by atoms with Crippen LogP contribution in [0.2, 0.25) is 0 Å². The van der Waals surface area contributed by atoms with Crippen LogP contribution in [0, 0.1) is 0 Å². The average Bonchev–Trinajstić information content (AvgIpc) is 3.16. The third-order valence-corrected chi connectivity index (χ3v) is 7.45. The summed E-state index contributed by atoms with van der Waals surface area (Å²) in [5.41, 5.74) is 3.93. The number of hydrogen-bond donors (Lipinski definition) is 1. The van der Waals surface area contributed by atoms with Gasteiger partial charge < -0.3 is 14.7 Å². The van der Waals surface area contributed by atoms with Gasteiger partial charge in [-0.25, -0.2) is 8.42 Å². The maximum atomic E-state index is 12.3. The lowest BCUT2D eigenvalue weighted by Gasteiger charge is -2.33. The zero-order valence-corrected chi connectivity index (χ0v) is 17.7. The first-order chi connectivity index (χ1) is 13.7. The van der Waals surface area contributed by atoms with E-state index < -0.39 is 27.0 Å². The second kappa shape index (κ2) is 8.65. The number of sulfone groups is 1. The summed E-state index contributed by atoms with van der Waals surface area (Å²) in [4.78, 5) is 5.51. The third-order valence-electron chi connectivity index (χ3n) is 5.39. The van der Waals surface area contributed by atoms with E-state index in [2.05, 4.69) is 17.3 Å². The summed E-state index contributed by atoms with van der Waals surface area (Å²) >= 11 is 0. The number of nitrogens with zero attached hydrogens (tertiary/aromatic N) is 1. The highest BCUT2D eigenvalue weighted by Gasteiger charge is 2.47. The molecule has 3 rings (SSSR count). The lowest BCUT2D eigenvalue weighted by molar-refractivity contribution is -0.124. The molecule has 0 spiro atoms. The minimum Gasteiger partial charge on any atom is -0.392 e. The maximum Gasteiger partial charge on any atom is 0.174 e. The second-order valence-electron chi connectivity index (χ2n) is 7.51. The Balaban J connectivity index is 1.70. The van der Waals surface area contributed by atoms with E-state index >= 15 is 0 Å². The van der Waals surface area contributed by atoms with Gasteiger partial charge >= 0.3 is 0 Å². The molecule has 3 atom stereocenters. The smallest absolute Gasteiger partial charge is 0.174 e. The first kappa shape index (κ1) is 21.5. The van der Waals surface area contributed by atoms with E-state index in [0.717, 1.165) is 28.7 Å². The number of rotatable bonds is 8. The summed E-state index contributed by atoms with van der Waals surface area (Å²) in [5, 5.41) is 14.5. The number of hydrogen-bond acceptors (Lipinski definition) is 6. The normalized spacial score (nSPS) is 19.9. The molecule has 0 saturated heterocycles. The number of ether oxygens (including phenoxy) is 1. The monoisotopic (exact) mass is 417 g/mol. The Morgan fingerprint density at radius 3 is 2.31 bits per heavy atom. The molecule has 2 aromatic rings. The van der Waals surface area contributed by atoms with Crippen LogP contribution >= 0.6 is 0 Å². The summed E-state index contributed by atoms with van der Waals surface area (Å²) in [6.07, 6.45) is -0.223. The molecule has 0 saturated carbocycles. The summed E-state index contributed by atoms with van der Waals surface area (Å²) in [6.45, 7) is 3.41. The Labute approximate surface area is 172 Å². The molecule has 1 heterocycles. The average molecular weight is 418 g/mol. The van der Waals surface area contributed by atoms with Gasteiger partial charge in [-0.3, -0.25) is 0 Å². The van der Waals surface area contributed by atoms with Crippen LogP contribution in [0.1, 0.15) is 32.3 Å². The van der Waals surface area contributed by atoms with Crippen LogP contribution < -0.4 is 0 Å². The zero-order valence-electron chi connectivity index (χ0n) is 16.9. The molecular weight excluding hydrogens is 390 g/mol. The molecule has 0 aliphatic carbocycles. The van der Waals surface area contributed by atoms with Gasteiger partial charge in [-0.05, 0) is 30.5 Å². The zero-order chi connectivity index (χ0) is 21.1. The number of aliphatic hydroxyl groups is 1. The lowest BCUT2D eigenvalue weighted by atomic mass is 9.95. The Kier molecular flexibility index (Phi) is 6.41. The summed E-state index contributed by atoms with van der Waals surface area (Å²) in [6, 6.07) is 18.1. The van der Waals surface area contributed by atoms with Crippen LogP contribution in [0.3, 0.4) is 0 Å². The molecule has 0 amide bonds. The molecule has 156 valence electrons. The van der Waals surface area contributed by atoms with Gasteiger partial charge in [0, 0.05) is 25.7 Å². The van der Waals surface area contributed by atoms with Gasteiger partial charge in [-0.1, -0.05) is 59.8 Å². The minimum atomic E-state index is -3.60. The number of aliphatic hydroxyl groups excluding tert-OH is 1. The molecule has 0 bridgehead atoms. The van der Waals surface area contributed by atoms with Gasteiger partial charge in [-0.2, -0.15) is 0 Å². The van der Waals surface area contributed by atoms with Crippen LogP contribution in [-0.4, -0.2) is 49.2 Å². The van der Waals surface area contributed by atoms with E-state index in [1.54, 1.807) is 6.92 Å². The van der Waals surface area contributed by atoms with Crippen molar-refractivity contribution in [2.24, 2.45) is 5.16 Å². The largest absolute Gasteiger partial charge is 0.392 e. The Hall–Kier alpha value is -2.22. The third kappa shape index (κ3) is 4.69. The van der Waals surface area contributed by atoms with Crippen molar-refractivity contribution in [3.63, 3.8) is 0 Å². The molecule has 1 N–H and O–H groups in total. The van der Waals surface area contributed by atoms with Crippen molar-refractivity contribution in [1.29, 1.82) is 0 Å². The van der Waals surface area contributed by atoms with Crippen molar-refractivity contribution in [2.45, 2.75) is 43.8 Å². The van der Waals surface area contributed by atoms with Crippen molar-refractivity contribution in [1.82, 2.24) is 0 Å². The van der Waals surface area contributed by atoms with Gasteiger partial charge in [0.1, 0.15) is 10.9 Å². The Bertz CT molecular complexity index is 956. The van der Waals surface area contributed by atoms with Gasteiger partial charge in [0.2, 0.25) is 0 Å². The van der Waals surface area contributed by atoms with Crippen molar-refractivity contribution in [3.8, 4) is 11.1 Å². The first-order valence-electron chi connectivity index (χ1n) is 9.62. The van der Waals surface area contributed by atoms with Crippen molar-refractivity contribution < 1.29 is 23.1 Å². The van der Waals surface area contributed by atoms with E-state index in [1.807, 2.05) is 42.5 Å². The quantitative estimate of drug-likeness (QED) is 0.666. The van der Waals surface area contributed by atoms with Gasteiger partial charge in [0.15, 0.2) is 16.1 Å². The van der Waals surface area contributed by atoms with Crippen LogP contribution in [0.5, 0.6) is 0 Å². The SMILES string of the molecule is CCOC(O)C(C)(CC1CC(c2ccc(-c3ccccc3)cc2)=NO1)S(C)(=O)=O. The molecule has 6 nitrogen and oxygen atoms in total. The summed E-state index contributed by atoms with van der Waals surface area (Å²) in [7, 11) is -3.60. The van der Waals surface area contributed by atoms with Crippen molar-refractivity contribution in [2.75, 3.05) is 12.9 Å². The van der Waals surface area contributed by atoms with Crippen molar-refractivity contribution >= 4 is 15.5 Å². The summed E-state index contributed by atoms with van der Waals surface area (Å²) in [5.74, 6) is 0. The molecule has 0 aromatic heterocycles. The Morgan fingerprint density at radius 2 is 1.72 bits per heavy atom. The molecule has 2 aromatic carbocycles. The van der Waals surface area contributed by atoms with Gasteiger partial charge in [-0.15, -0.1) is 0 Å². The Morgan fingerprint density at radius 1 is 1.14 bits per heavy atom. The van der Waals surface area contributed by atoms with Crippen LogP contribution in [0.15, 0.2) is 59.8 Å². The fourth-order valence-corrected chi connectivity index (χ4v) is 4.34. The molecule has 29 heavy (non-hydrogen) atoms. The van der Waals surface area contributed by atoms with E-state index in [9.17, 15) is 13.5 Å². The van der Waals surface area contributed by atoms with Gasteiger partial charge in [0.25, 0.3) is 0 Å². The topological polar surface area (TPSA) is 85.2 Å². The molecule has 0 radical (unpaired) electrons. The van der Waals surface area contributed by atoms with Crippen molar-refractivity contribution in [3.05, 3.63) is 60.2 Å². The van der Waals surface area contributed by atoms with Gasteiger partial charge in [0.05, 0.1) is 5.71 Å². The summed E-state index contributed by atoms with van der Waals surface area (Å²) < 4.78 is 28.4. The molecule has 1 aliphatic heterocycles. The highest BCUT2D eigenvalue weighted by molar-refractivity contribution is 7.92. The molecule has 0 fully saturated rings. The second-order valence-corrected chi connectivity index (χ2v) is 9.99. The highest BCUT2D eigenvalue weighted by atomic mass is 32.2. The lowest BCUT2D eigenvalue weighted by Crippen LogP contribution is -2.49. The van der Waals surface area contributed by atoms with E-state index in [1.165, 1.54) is 6.92 Å². The van der Waals surface area contributed by atoms with Crippen LogP contribution in [0.4, 0.5) is 0 Å². The predicted octanol–water partition coefficient (Wildman–Crippen LogP) is 3.39. The highest BCUT2D eigenvalue weighted by Crippen LogP contribution is 2.32. The fraction of sp³-hybridized carbons (Fsp3) is 0.409. The number of benzene rings is 2. The molecular formula is C22H27NO5S. The molecule has 7 heteroatoms. The minimum absolute atomic E-state index is 0.0854. The van der Waals surface area contributed by atoms with E-state index in [-0.39, 0.29) is 13.0 Å². The standard InChI is InChI=1S/C22H27NO5S/c1-4-27-21(24)22(2,29(3,25)26)15-19-14-20(23-28-19)18-12-10-17(11-13-18)16-8-6-5-7-9-16/h5-13,19,21,24H,4,14-15H2,1-3H3.